The number of hydrogen-bond acceptors (Lipinski definition) is 4. The topological polar surface area (TPSA) is 81.5 Å². The van der Waals surface area contributed by atoms with E-state index < -0.39 is 10.8 Å². The highest BCUT2D eigenvalue weighted by Crippen LogP contribution is 2.35. The lowest BCUT2D eigenvalue weighted by Gasteiger charge is -2.22. The van der Waals surface area contributed by atoms with Crippen LogP contribution in [0.25, 0.3) is 0 Å². The third-order valence-electron chi connectivity index (χ3n) is 4.48. The Morgan fingerprint density at radius 3 is 2.67 bits per heavy atom. The highest BCUT2D eigenvalue weighted by atomic mass is 32.2. The summed E-state index contributed by atoms with van der Waals surface area (Å²) in [4.78, 5) is 29.6. The Hall–Kier alpha value is -2.98. The third-order valence-corrected chi connectivity index (χ3v) is 5.98. The first kappa shape index (κ1) is 18.8. The summed E-state index contributed by atoms with van der Waals surface area (Å²) in [7, 11) is 0.109. The summed E-state index contributed by atoms with van der Waals surface area (Å²) in [6, 6.07) is 13.8. The van der Waals surface area contributed by atoms with Crippen LogP contribution >= 0.6 is 0 Å². The normalized spacial score (nSPS) is 15.4. The van der Waals surface area contributed by atoms with E-state index >= 15 is 0 Å². The molecule has 7 heteroatoms. The van der Waals surface area contributed by atoms with Crippen LogP contribution in [0.2, 0.25) is 0 Å². The molecule has 0 radical (unpaired) electrons. The number of benzene rings is 2. The summed E-state index contributed by atoms with van der Waals surface area (Å²) in [5, 5.41) is 8.70. The number of amides is 2. The molecule has 3 rings (SSSR count). The van der Waals surface area contributed by atoms with Crippen molar-refractivity contribution < 1.29 is 13.8 Å². The van der Waals surface area contributed by atoms with E-state index in [4.69, 9.17) is 5.26 Å². The largest absolute Gasteiger partial charge is 0.341 e. The van der Waals surface area contributed by atoms with E-state index in [0.717, 1.165) is 0 Å². The van der Waals surface area contributed by atoms with Crippen LogP contribution < -0.4 is 4.90 Å². The SMILES string of the molecule is CCN1C(=O)c2ccccc2[S@@](=O)c2ccc(C(=O)N(C)CCC#N)cc21. The Balaban J connectivity index is 2.09. The van der Waals surface area contributed by atoms with Gasteiger partial charge in [-0.25, -0.2) is 4.21 Å². The molecule has 0 fully saturated rings. The molecule has 1 aliphatic heterocycles. The minimum atomic E-state index is -1.52. The van der Waals surface area contributed by atoms with Crippen molar-refractivity contribution in [1.82, 2.24) is 4.90 Å². The fraction of sp³-hybridized carbons (Fsp3) is 0.250. The fourth-order valence-electron chi connectivity index (χ4n) is 3.05. The van der Waals surface area contributed by atoms with Crippen LogP contribution in [0.4, 0.5) is 5.69 Å². The molecule has 0 saturated heterocycles. The standard InChI is InChI=1S/C20H19N3O3S/c1-3-23-16-13-14(19(24)22(2)12-6-11-21)9-10-18(16)27(26)17-8-5-4-7-15(17)20(23)25/h4-5,7-10,13H,3,6,12H2,1-2H3/t27-/m1/s1. The van der Waals surface area contributed by atoms with Crippen molar-refractivity contribution in [3.8, 4) is 6.07 Å². The van der Waals surface area contributed by atoms with E-state index in [1.165, 1.54) is 4.90 Å². The van der Waals surface area contributed by atoms with Crippen molar-refractivity contribution in [3.63, 3.8) is 0 Å². The zero-order valence-electron chi connectivity index (χ0n) is 15.1. The smallest absolute Gasteiger partial charge is 0.259 e. The molecule has 27 heavy (non-hydrogen) atoms. The average Bonchev–Trinajstić information content (AvgIpc) is 2.79. The molecule has 0 N–H and O–H groups in total. The maximum absolute atomic E-state index is 13.1. The minimum absolute atomic E-state index is 0.234. The maximum atomic E-state index is 13.1. The van der Waals surface area contributed by atoms with Gasteiger partial charge in [0.2, 0.25) is 0 Å². The first-order chi connectivity index (χ1) is 13.0. The van der Waals surface area contributed by atoms with Gasteiger partial charge in [-0.1, -0.05) is 12.1 Å². The van der Waals surface area contributed by atoms with Gasteiger partial charge in [-0.15, -0.1) is 0 Å². The molecule has 1 aliphatic rings. The first-order valence-electron chi connectivity index (χ1n) is 8.58. The van der Waals surface area contributed by atoms with E-state index in [0.29, 0.717) is 39.7 Å². The number of hydrogen-bond donors (Lipinski definition) is 0. The second kappa shape index (κ2) is 7.72. The molecule has 0 aliphatic carbocycles. The number of carbonyl (C=O) groups is 2. The molecule has 0 saturated carbocycles. The Kier molecular flexibility index (Phi) is 5.38. The number of nitriles is 1. The average molecular weight is 381 g/mol. The lowest BCUT2D eigenvalue weighted by molar-refractivity contribution is 0.0797. The van der Waals surface area contributed by atoms with Crippen molar-refractivity contribution in [2.45, 2.75) is 23.1 Å². The van der Waals surface area contributed by atoms with Crippen LogP contribution in [0.1, 0.15) is 34.1 Å². The lowest BCUT2D eigenvalue weighted by atomic mass is 10.1. The van der Waals surface area contributed by atoms with Gasteiger partial charge in [0, 0.05) is 25.7 Å². The summed E-state index contributed by atoms with van der Waals surface area (Å²) < 4.78 is 13.1. The Morgan fingerprint density at radius 2 is 1.96 bits per heavy atom. The summed E-state index contributed by atoms with van der Waals surface area (Å²) in [6.07, 6.45) is 0.242. The van der Waals surface area contributed by atoms with Crippen molar-refractivity contribution in [2.24, 2.45) is 0 Å². The van der Waals surface area contributed by atoms with Crippen molar-refractivity contribution in [1.29, 1.82) is 5.26 Å². The molecular formula is C20H19N3O3S. The first-order valence-corrected chi connectivity index (χ1v) is 9.73. The Labute approximate surface area is 160 Å². The zero-order chi connectivity index (χ0) is 19.6. The van der Waals surface area contributed by atoms with Crippen LogP contribution in [0, 0.1) is 11.3 Å². The van der Waals surface area contributed by atoms with Crippen molar-refractivity contribution in [2.75, 3.05) is 25.0 Å². The molecule has 2 amide bonds. The van der Waals surface area contributed by atoms with Crippen LogP contribution in [0.5, 0.6) is 0 Å². The molecular weight excluding hydrogens is 362 g/mol. The van der Waals surface area contributed by atoms with Gasteiger partial charge >= 0.3 is 0 Å². The van der Waals surface area contributed by atoms with Crippen LogP contribution in [-0.4, -0.2) is 41.1 Å². The number of carbonyl (C=O) groups excluding carboxylic acids is 2. The molecule has 0 spiro atoms. The monoisotopic (exact) mass is 381 g/mol. The third kappa shape index (κ3) is 3.36. The maximum Gasteiger partial charge on any atom is 0.259 e. The number of anilines is 1. The highest BCUT2D eigenvalue weighted by molar-refractivity contribution is 7.85. The molecule has 0 aromatic heterocycles. The number of fused-ring (bicyclic) bond motifs is 2. The van der Waals surface area contributed by atoms with E-state index in [-0.39, 0.29) is 18.2 Å². The minimum Gasteiger partial charge on any atom is -0.341 e. The van der Waals surface area contributed by atoms with Gasteiger partial charge in [0.15, 0.2) is 0 Å². The van der Waals surface area contributed by atoms with Crippen molar-refractivity contribution in [3.05, 3.63) is 53.6 Å². The summed E-state index contributed by atoms with van der Waals surface area (Å²) in [5.41, 5.74) is 1.29. The zero-order valence-corrected chi connectivity index (χ0v) is 16.0. The van der Waals surface area contributed by atoms with Gasteiger partial charge in [0.05, 0.1) is 44.3 Å². The quantitative estimate of drug-likeness (QED) is 0.815. The predicted molar refractivity (Wildman–Crippen MR) is 102 cm³/mol. The molecule has 138 valence electrons. The van der Waals surface area contributed by atoms with Gasteiger partial charge in [-0.3, -0.25) is 9.59 Å². The van der Waals surface area contributed by atoms with Crippen LogP contribution in [0.15, 0.2) is 52.3 Å². The summed E-state index contributed by atoms with van der Waals surface area (Å²) in [5.74, 6) is -0.480. The molecule has 0 unspecified atom stereocenters. The van der Waals surface area contributed by atoms with Gasteiger partial charge in [-0.05, 0) is 37.3 Å². The fourth-order valence-corrected chi connectivity index (χ4v) is 4.39. The van der Waals surface area contributed by atoms with E-state index in [9.17, 15) is 13.8 Å². The molecule has 1 heterocycles. The second-order valence-corrected chi connectivity index (χ2v) is 7.55. The molecule has 0 bridgehead atoms. The highest BCUT2D eigenvalue weighted by Gasteiger charge is 2.30. The van der Waals surface area contributed by atoms with Gasteiger partial charge in [-0.2, -0.15) is 5.26 Å². The lowest BCUT2D eigenvalue weighted by Crippen LogP contribution is -2.31. The van der Waals surface area contributed by atoms with Crippen LogP contribution in [0.3, 0.4) is 0 Å². The van der Waals surface area contributed by atoms with Gasteiger partial charge in [0.1, 0.15) is 0 Å². The molecule has 6 nitrogen and oxygen atoms in total. The van der Waals surface area contributed by atoms with Gasteiger partial charge in [0.25, 0.3) is 11.8 Å². The molecule has 1 atom stereocenters. The predicted octanol–water partition coefficient (Wildman–Crippen LogP) is 2.82. The summed E-state index contributed by atoms with van der Waals surface area (Å²) in [6.45, 7) is 2.55. The second-order valence-electron chi connectivity index (χ2n) is 6.13. The summed E-state index contributed by atoms with van der Waals surface area (Å²) >= 11 is 0. The molecule has 2 aromatic carbocycles. The molecule has 2 aromatic rings. The number of rotatable bonds is 4. The van der Waals surface area contributed by atoms with E-state index in [1.807, 2.05) is 13.0 Å². The van der Waals surface area contributed by atoms with E-state index in [2.05, 4.69) is 0 Å². The Bertz CT molecular complexity index is 981. The Morgan fingerprint density at radius 1 is 1.22 bits per heavy atom. The van der Waals surface area contributed by atoms with Gasteiger partial charge < -0.3 is 9.80 Å². The van der Waals surface area contributed by atoms with Crippen LogP contribution in [-0.2, 0) is 10.8 Å². The van der Waals surface area contributed by atoms with Crippen molar-refractivity contribution >= 4 is 28.3 Å². The van der Waals surface area contributed by atoms with E-state index in [1.54, 1.807) is 54.4 Å². The number of nitrogens with zero attached hydrogens (tertiary/aromatic N) is 3.